The molecule has 4 nitrogen and oxygen atoms in total. The second-order valence-electron chi connectivity index (χ2n) is 5.25. The maximum absolute atomic E-state index is 12.7. The molecule has 24 heavy (non-hydrogen) atoms. The molecule has 1 saturated heterocycles. The third-order valence-electron chi connectivity index (χ3n) is 3.84. The molecule has 0 atom stereocenters. The van der Waals surface area contributed by atoms with Gasteiger partial charge < -0.3 is 26.6 Å². The van der Waals surface area contributed by atoms with E-state index in [2.05, 4.69) is 9.88 Å². The fourth-order valence-electron chi connectivity index (χ4n) is 2.54. The molecule has 9 heteroatoms. The lowest BCUT2D eigenvalue weighted by molar-refractivity contribution is -0.408. The molecule has 0 saturated carbocycles. The lowest BCUT2D eigenvalue weighted by Gasteiger charge is -2.32. The average molecular weight is 424 g/mol. The average Bonchev–Trinajstić information content (AvgIpc) is 3.05. The third-order valence-corrected chi connectivity index (χ3v) is 4.78. The van der Waals surface area contributed by atoms with Crippen LogP contribution in [0.5, 0.6) is 5.75 Å². The largest absolute Gasteiger partial charge is 1.00 e. The maximum Gasteiger partial charge on any atom is 0.454 e. The Balaban J connectivity index is 0.00000208. The van der Waals surface area contributed by atoms with Crippen molar-refractivity contribution in [3.63, 3.8) is 0 Å². The van der Waals surface area contributed by atoms with Gasteiger partial charge in [0.15, 0.2) is 0 Å². The van der Waals surface area contributed by atoms with Gasteiger partial charge in [-0.05, 0) is 24.3 Å². The second kappa shape index (κ2) is 7.60. The van der Waals surface area contributed by atoms with Crippen molar-refractivity contribution in [3.05, 3.63) is 35.3 Å². The molecule has 0 radical (unpaired) electrons. The van der Waals surface area contributed by atoms with Crippen LogP contribution >= 0.6 is 11.3 Å². The number of thiazole rings is 1. The minimum absolute atomic E-state index is 0. The lowest BCUT2D eigenvalue weighted by atomic mass is 10.2. The summed E-state index contributed by atoms with van der Waals surface area (Å²) in [7, 11) is 1.63. The van der Waals surface area contributed by atoms with Crippen LogP contribution in [0.15, 0.2) is 29.6 Å². The molecule has 1 aromatic heterocycles. The number of aromatic amines is 1. The van der Waals surface area contributed by atoms with E-state index >= 15 is 0 Å². The van der Waals surface area contributed by atoms with Crippen LogP contribution < -0.4 is 36.5 Å². The molecule has 1 fully saturated rings. The second-order valence-corrected chi connectivity index (χ2v) is 6.11. The molecule has 132 valence electrons. The molecule has 0 amide bonds. The zero-order valence-corrected chi connectivity index (χ0v) is 15.3. The smallest absolute Gasteiger partial charge is 0.454 e. The number of nitrogens with zero attached hydrogens (tertiary/aromatic N) is 2. The summed E-state index contributed by atoms with van der Waals surface area (Å²) in [6.45, 7) is 2.89. The number of anilines is 2. The lowest BCUT2D eigenvalue weighted by Crippen LogP contribution is -3.00. The van der Waals surface area contributed by atoms with Gasteiger partial charge in [0.1, 0.15) is 18.8 Å². The monoisotopic (exact) mass is 423 g/mol. The zero-order valence-electron chi connectivity index (χ0n) is 12.9. The number of methoxy groups -OCH3 is 1. The molecule has 1 aliphatic heterocycles. The van der Waals surface area contributed by atoms with Gasteiger partial charge in [0.2, 0.25) is 5.69 Å². The zero-order chi connectivity index (χ0) is 16.4. The van der Waals surface area contributed by atoms with Crippen LogP contribution in [-0.2, 0) is 6.18 Å². The molecule has 3 rings (SSSR count). The van der Waals surface area contributed by atoms with E-state index in [9.17, 15) is 13.2 Å². The van der Waals surface area contributed by atoms with Crippen LogP contribution in [0.3, 0.4) is 0 Å². The molecule has 0 aliphatic carbocycles. The fraction of sp³-hybridized carbons (Fsp3) is 0.400. The van der Waals surface area contributed by atoms with Gasteiger partial charge in [-0.1, -0.05) is 11.3 Å². The van der Waals surface area contributed by atoms with Crippen molar-refractivity contribution < 1.29 is 39.9 Å². The quantitative estimate of drug-likeness (QED) is 0.691. The van der Waals surface area contributed by atoms with Crippen molar-refractivity contribution in [2.45, 2.75) is 6.18 Å². The summed E-state index contributed by atoms with van der Waals surface area (Å²) in [5, 5.41) is 1.69. The molecule has 0 bridgehead atoms. The minimum atomic E-state index is -4.32. The number of aromatic nitrogens is 1. The number of benzene rings is 1. The summed E-state index contributed by atoms with van der Waals surface area (Å²) in [5.74, 6) is 0.806. The first-order valence-corrected chi connectivity index (χ1v) is 8.07. The van der Waals surface area contributed by atoms with Crippen LogP contribution in [0.2, 0.25) is 0 Å². The molecule has 1 N–H and O–H groups in total. The summed E-state index contributed by atoms with van der Waals surface area (Å²) in [6, 6.07) is 7.80. The molecule has 0 spiro atoms. The highest BCUT2D eigenvalue weighted by Crippen LogP contribution is 2.30. The van der Waals surface area contributed by atoms with Gasteiger partial charge in [0, 0.05) is 5.69 Å². The number of ether oxygens (including phenoxy) is 1. The number of piperazine rings is 1. The van der Waals surface area contributed by atoms with Crippen LogP contribution in [-0.4, -0.2) is 33.3 Å². The summed E-state index contributed by atoms with van der Waals surface area (Å²) >= 11 is 1.10. The van der Waals surface area contributed by atoms with E-state index in [1.807, 2.05) is 29.2 Å². The Bertz CT molecular complexity index is 655. The first kappa shape index (κ1) is 18.9. The number of hydrogen-bond donors (Lipinski definition) is 0. The van der Waals surface area contributed by atoms with E-state index < -0.39 is 11.9 Å². The number of H-pyrrole nitrogens is 1. The van der Waals surface area contributed by atoms with E-state index in [0.29, 0.717) is 18.2 Å². The van der Waals surface area contributed by atoms with Crippen molar-refractivity contribution in [1.29, 1.82) is 0 Å². The highest BCUT2D eigenvalue weighted by Gasteiger charge is 2.38. The fourth-order valence-corrected chi connectivity index (χ4v) is 3.46. The van der Waals surface area contributed by atoms with Crippen molar-refractivity contribution in [3.8, 4) is 5.75 Å². The highest BCUT2D eigenvalue weighted by atomic mass is 79.9. The van der Waals surface area contributed by atoms with Gasteiger partial charge in [-0.25, -0.2) is 9.88 Å². The Kier molecular flexibility index (Phi) is 5.97. The van der Waals surface area contributed by atoms with Crippen LogP contribution in [0.25, 0.3) is 0 Å². The summed E-state index contributed by atoms with van der Waals surface area (Å²) < 4.78 is 43.1. The van der Waals surface area contributed by atoms with Crippen molar-refractivity contribution >= 4 is 22.2 Å². The first-order chi connectivity index (χ1) is 11.0. The number of rotatable bonds is 3. The van der Waals surface area contributed by atoms with Crippen molar-refractivity contribution in [2.24, 2.45) is 0 Å². The van der Waals surface area contributed by atoms with E-state index in [1.54, 1.807) is 7.11 Å². The predicted octanol–water partition coefficient (Wildman–Crippen LogP) is -0.0798. The van der Waals surface area contributed by atoms with E-state index in [0.717, 1.165) is 41.2 Å². The maximum atomic E-state index is 12.7. The Morgan fingerprint density at radius 1 is 1.04 bits per heavy atom. The molecular weight excluding hydrogens is 407 g/mol. The van der Waals surface area contributed by atoms with Crippen molar-refractivity contribution in [1.82, 2.24) is 0 Å². The topological polar surface area (TPSA) is 29.9 Å². The molecule has 2 aromatic rings. The molecular formula is C15H17BrF3N3OS. The number of alkyl halides is 3. The van der Waals surface area contributed by atoms with Gasteiger partial charge in [-0.3, -0.25) is 0 Å². The van der Waals surface area contributed by atoms with E-state index in [1.165, 1.54) is 0 Å². The van der Waals surface area contributed by atoms with Crippen LogP contribution in [0.4, 0.5) is 24.0 Å². The van der Waals surface area contributed by atoms with Gasteiger partial charge in [0.25, 0.3) is 0 Å². The first-order valence-electron chi connectivity index (χ1n) is 7.19. The Morgan fingerprint density at radius 3 is 2.12 bits per heavy atom. The molecule has 1 aromatic carbocycles. The summed E-state index contributed by atoms with van der Waals surface area (Å²) in [5.41, 5.74) is 0.409. The molecule has 1 aliphatic rings. The summed E-state index contributed by atoms with van der Waals surface area (Å²) in [4.78, 5) is 6.65. The Hall–Kier alpha value is -1.48. The third kappa shape index (κ3) is 4.13. The van der Waals surface area contributed by atoms with Gasteiger partial charge in [-0.15, -0.1) is 0 Å². The molecule has 2 heterocycles. The van der Waals surface area contributed by atoms with Crippen LogP contribution in [0.1, 0.15) is 5.69 Å². The number of hydrogen-bond acceptors (Lipinski definition) is 4. The van der Waals surface area contributed by atoms with E-state index in [4.69, 9.17) is 4.74 Å². The number of nitrogens with one attached hydrogen (secondary N) is 1. The Labute approximate surface area is 152 Å². The number of halogens is 4. The van der Waals surface area contributed by atoms with E-state index in [-0.39, 0.29) is 17.0 Å². The normalized spacial score (nSPS) is 15.2. The van der Waals surface area contributed by atoms with Gasteiger partial charge >= 0.3 is 11.3 Å². The minimum Gasteiger partial charge on any atom is -1.00 e. The highest BCUT2D eigenvalue weighted by molar-refractivity contribution is 7.13. The standard InChI is InChI=1S/C15H16F3N3OS.BrH/c1-22-12-4-2-11(3-5-12)20-6-8-21(9-7-20)14-19-13(10-23-14)15(16,17)18;/h2-5,10H,6-9H2,1H3;1H. The van der Waals surface area contributed by atoms with Gasteiger partial charge in [0.05, 0.1) is 25.6 Å². The summed E-state index contributed by atoms with van der Waals surface area (Å²) in [6.07, 6.45) is -4.32. The molecule has 0 unspecified atom stereocenters. The van der Waals surface area contributed by atoms with Gasteiger partial charge in [-0.2, -0.15) is 13.2 Å². The predicted molar refractivity (Wildman–Crippen MR) is 83.3 cm³/mol. The van der Waals surface area contributed by atoms with Crippen LogP contribution in [0, 0.1) is 0 Å². The SMILES string of the molecule is COc1ccc(N2CCN(c3[nH+]c(C(F)(F)F)cs3)CC2)cc1.[Br-]. The van der Waals surface area contributed by atoms with Crippen molar-refractivity contribution in [2.75, 3.05) is 43.1 Å². The Morgan fingerprint density at radius 2 is 1.62 bits per heavy atom.